The van der Waals surface area contributed by atoms with E-state index in [1.165, 1.54) is 13.3 Å². The van der Waals surface area contributed by atoms with Crippen LogP contribution in [0, 0.1) is 5.92 Å². The Labute approximate surface area is 94.2 Å². The number of furan rings is 1. The van der Waals surface area contributed by atoms with Crippen molar-refractivity contribution in [1.82, 2.24) is 10.6 Å². The first-order valence-corrected chi connectivity index (χ1v) is 5.12. The molecular formula is C11H16N2O3. The maximum atomic E-state index is 11.7. The third-order valence-corrected chi connectivity index (χ3v) is 2.23. The van der Waals surface area contributed by atoms with Gasteiger partial charge in [0, 0.05) is 7.05 Å². The van der Waals surface area contributed by atoms with Crippen molar-refractivity contribution >= 4 is 11.8 Å². The van der Waals surface area contributed by atoms with Gasteiger partial charge in [-0.2, -0.15) is 0 Å². The Bertz CT molecular complexity index is 357. The number of hydrogen-bond donors (Lipinski definition) is 2. The van der Waals surface area contributed by atoms with Gasteiger partial charge in [-0.3, -0.25) is 9.59 Å². The summed E-state index contributed by atoms with van der Waals surface area (Å²) >= 11 is 0. The lowest BCUT2D eigenvalue weighted by atomic mass is 10.0. The van der Waals surface area contributed by atoms with Gasteiger partial charge in [0.25, 0.3) is 5.91 Å². The quantitative estimate of drug-likeness (QED) is 0.794. The van der Waals surface area contributed by atoms with E-state index in [1.807, 2.05) is 13.8 Å². The zero-order valence-corrected chi connectivity index (χ0v) is 9.61. The van der Waals surface area contributed by atoms with Gasteiger partial charge in [0.2, 0.25) is 5.91 Å². The van der Waals surface area contributed by atoms with Gasteiger partial charge < -0.3 is 15.1 Å². The molecule has 0 aliphatic heterocycles. The van der Waals surface area contributed by atoms with Crippen LogP contribution in [0.1, 0.15) is 24.4 Å². The standard InChI is InChI=1S/C11H16N2O3/c1-7(2)9(11(15)12-3)13-10(14)8-5-4-6-16-8/h4-7,9H,1-3H3,(H,12,15)(H,13,14)/t9-/m1/s1. The van der Waals surface area contributed by atoms with Crippen LogP contribution in [0.15, 0.2) is 22.8 Å². The van der Waals surface area contributed by atoms with E-state index < -0.39 is 6.04 Å². The van der Waals surface area contributed by atoms with Crippen molar-refractivity contribution in [1.29, 1.82) is 0 Å². The molecular weight excluding hydrogens is 208 g/mol. The molecule has 0 unspecified atom stereocenters. The first-order chi connectivity index (χ1) is 7.56. The summed E-state index contributed by atoms with van der Waals surface area (Å²) in [6, 6.07) is 2.62. The van der Waals surface area contributed by atoms with Crippen LogP contribution in [0.4, 0.5) is 0 Å². The lowest BCUT2D eigenvalue weighted by Gasteiger charge is -2.19. The molecule has 88 valence electrons. The summed E-state index contributed by atoms with van der Waals surface area (Å²) in [5, 5.41) is 5.14. The molecule has 2 amide bonds. The Kier molecular flexibility index (Phi) is 4.10. The molecule has 0 bridgehead atoms. The molecule has 0 aromatic carbocycles. The van der Waals surface area contributed by atoms with Crippen LogP contribution in [-0.4, -0.2) is 24.9 Å². The zero-order valence-electron chi connectivity index (χ0n) is 9.61. The molecule has 0 aliphatic carbocycles. The molecule has 5 nitrogen and oxygen atoms in total. The first kappa shape index (κ1) is 12.3. The molecule has 2 N–H and O–H groups in total. The maximum Gasteiger partial charge on any atom is 0.287 e. The van der Waals surface area contributed by atoms with Gasteiger partial charge in [-0.1, -0.05) is 13.8 Å². The Morgan fingerprint density at radius 1 is 1.38 bits per heavy atom. The third-order valence-electron chi connectivity index (χ3n) is 2.23. The van der Waals surface area contributed by atoms with E-state index in [1.54, 1.807) is 12.1 Å². The minimum absolute atomic E-state index is 0.0128. The molecule has 0 aliphatic rings. The van der Waals surface area contributed by atoms with Crippen LogP contribution < -0.4 is 10.6 Å². The van der Waals surface area contributed by atoms with Crippen molar-refractivity contribution in [2.75, 3.05) is 7.05 Å². The van der Waals surface area contributed by atoms with Crippen molar-refractivity contribution in [2.45, 2.75) is 19.9 Å². The van der Waals surface area contributed by atoms with Gasteiger partial charge >= 0.3 is 0 Å². The minimum Gasteiger partial charge on any atom is -0.459 e. The van der Waals surface area contributed by atoms with Crippen LogP contribution in [0.2, 0.25) is 0 Å². The van der Waals surface area contributed by atoms with Crippen molar-refractivity contribution in [3.8, 4) is 0 Å². The second-order valence-electron chi connectivity index (χ2n) is 3.79. The smallest absolute Gasteiger partial charge is 0.287 e. The van der Waals surface area contributed by atoms with Gasteiger partial charge in [0.15, 0.2) is 5.76 Å². The predicted octanol–water partition coefficient (Wildman–Crippen LogP) is 0.780. The number of likely N-dealkylation sites (N-methyl/N-ethyl adjacent to an activating group) is 1. The normalized spacial score (nSPS) is 12.2. The average Bonchev–Trinajstić information content (AvgIpc) is 2.77. The SMILES string of the molecule is CNC(=O)[C@H](NC(=O)c1ccco1)C(C)C. The number of carbonyl (C=O) groups excluding carboxylic acids is 2. The molecule has 1 heterocycles. The molecule has 0 saturated heterocycles. The summed E-state index contributed by atoms with van der Waals surface area (Å²) in [6.45, 7) is 3.73. The van der Waals surface area contributed by atoms with Crippen molar-refractivity contribution in [3.05, 3.63) is 24.2 Å². The molecule has 1 aromatic heterocycles. The number of hydrogen-bond acceptors (Lipinski definition) is 3. The van der Waals surface area contributed by atoms with Gasteiger partial charge in [-0.15, -0.1) is 0 Å². The second kappa shape index (κ2) is 5.34. The summed E-state index contributed by atoms with van der Waals surface area (Å²) in [4.78, 5) is 23.2. The van der Waals surface area contributed by atoms with Crippen LogP contribution in [0.25, 0.3) is 0 Å². The molecule has 0 radical (unpaired) electrons. The van der Waals surface area contributed by atoms with Crippen LogP contribution >= 0.6 is 0 Å². The summed E-state index contributed by atoms with van der Waals surface area (Å²) in [5.74, 6) is -0.379. The number of nitrogens with one attached hydrogen (secondary N) is 2. The zero-order chi connectivity index (χ0) is 12.1. The highest BCUT2D eigenvalue weighted by Gasteiger charge is 2.24. The van der Waals surface area contributed by atoms with E-state index in [0.29, 0.717) is 0 Å². The average molecular weight is 224 g/mol. The number of amides is 2. The van der Waals surface area contributed by atoms with E-state index in [2.05, 4.69) is 10.6 Å². The summed E-state index contributed by atoms with van der Waals surface area (Å²) in [7, 11) is 1.54. The molecule has 0 saturated carbocycles. The number of carbonyl (C=O) groups is 2. The summed E-state index contributed by atoms with van der Waals surface area (Å²) < 4.78 is 4.95. The Morgan fingerprint density at radius 2 is 2.06 bits per heavy atom. The van der Waals surface area contributed by atoms with E-state index in [9.17, 15) is 9.59 Å². The first-order valence-electron chi connectivity index (χ1n) is 5.12. The highest BCUT2D eigenvalue weighted by molar-refractivity contribution is 5.95. The van der Waals surface area contributed by atoms with Gasteiger partial charge in [0.05, 0.1) is 6.26 Å². The molecule has 0 spiro atoms. The van der Waals surface area contributed by atoms with Gasteiger partial charge in [-0.25, -0.2) is 0 Å². The van der Waals surface area contributed by atoms with Crippen LogP contribution in [0.5, 0.6) is 0 Å². The highest BCUT2D eigenvalue weighted by atomic mass is 16.3. The lowest BCUT2D eigenvalue weighted by molar-refractivity contribution is -0.123. The van der Waals surface area contributed by atoms with Crippen molar-refractivity contribution < 1.29 is 14.0 Å². The minimum atomic E-state index is -0.553. The fourth-order valence-electron chi connectivity index (χ4n) is 1.31. The van der Waals surface area contributed by atoms with E-state index in [4.69, 9.17) is 4.42 Å². The fraction of sp³-hybridized carbons (Fsp3) is 0.455. The maximum absolute atomic E-state index is 11.7. The molecule has 5 heteroatoms. The van der Waals surface area contributed by atoms with E-state index in [-0.39, 0.29) is 23.5 Å². The second-order valence-corrected chi connectivity index (χ2v) is 3.79. The van der Waals surface area contributed by atoms with E-state index in [0.717, 1.165) is 0 Å². The van der Waals surface area contributed by atoms with Gasteiger partial charge in [-0.05, 0) is 18.1 Å². The topological polar surface area (TPSA) is 71.3 Å². The van der Waals surface area contributed by atoms with Crippen molar-refractivity contribution in [2.24, 2.45) is 5.92 Å². The predicted molar refractivity (Wildman–Crippen MR) is 58.9 cm³/mol. The van der Waals surface area contributed by atoms with E-state index >= 15 is 0 Å². The Balaban J connectivity index is 2.69. The fourth-order valence-corrected chi connectivity index (χ4v) is 1.31. The van der Waals surface area contributed by atoms with Crippen LogP contribution in [-0.2, 0) is 4.79 Å². The van der Waals surface area contributed by atoms with Crippen molar-refractivity contribution in [3.63, 3.8) is 0 Å². The molecule has 1 rings (SSSR count). The molecule has 1 aromatic rings. The number of rotatable bonds is 4. The van der Waals surface area contributed by atoms with Gasteiger partial charge in [0.1, 0.15) is 6.04 Å². The largest absolute Gasteiger partial charge is 0.459 e. The highest BCUT2D eigenvalue weighted by Crippen LogP contribution is 2.05. The Morgan fingerprint density at radius 3 is 2.50 bits per heavy atom. The van der Waals surface area contributed by atoms with Crippen LogP contribution in [0.3, 0.4) is 0 Å². The third kappa shape index (κ3) is 2.85. The lowest BCUT2D eigenvalue weighted by Crippen LogP contribution is -2.48. The summed E-state index contributed by atoms with van der Waals surface area (Å²) in [6.07, 6.45) is 1.42. The molecule has 1 atom stereocenters. The molecule has 16 heavy (non-hydrogen) atoms. The Hall–Kier alpha value is -1.78. The molecule has 0 fully saturated rings. The monoisotopic (exact) mass is 224 g/mol. The summed E-state index contributed by atoms with van der Waals surface area (Å²) in [5.41, 5.74) is 0.